The lowest BCUT2D eigenvalue weighted by Gasteiger charge is -2.41. The topological polar surface area (TPSA) is 80.8 Å². The van der Waals surface area contributed by atoms with E-state index in [0.717, 1.165) is 0 Å². The number of nitrogens with zero attached hydrogens (tertiary/aromatic N) is 1. The van der Waals surface area contributed by atoms with Gasteiger partial charge in [-0.3, -0.25) is 19.2 Å². The molecule has 0 radical (unpaired) electrons. The molecule has 0 aromatic heterocycles. The number of hydrogen-bond acceptors (Lipinski definition) is 5. The van der Waals surface area contributed by atoms with Gasteiger partial charge in [0, 0.05) is 31.5 Å². The summed E-state index contributed by atoms with van der Waals surface area (Å²) in [5.41, 5.74) is -0.589. The van der Waals surface area contributed by atoms with Gasteiger partial charge in [0.15, 0.2) is 11.2 Å². The molecular weight excluding hydrogens is 334 g/mol. The van der Waals surface area contributed by atoms with Crippen molar-refractivity contribution in [3.05, 3.63) is 29.3 Å². The molecule has 3 aliphatic rings. The molecule has 2 bridgehead atoms. The molecule has 3 atom stereocenters. The zero-order chi connectivity index (χ0) is 19.0. The van der Waals surface area contributed by atoms with Crippen molar-refractivity contribution in [3.8, 4) is 0 Å². The van der Waals surface area contributed by atoms with E-state index in [-0.39, 0.29) is 30.3 Å². The lowest BCUT2D eigenvalue weighted by molar-refractivity contribution is -0.159. The van der Waals surface area contributed by atoms with E-state index in [0.29, 0.717) is 16.8 Å². The first kappa shape index (κ1) is 16.9. The summed E-state index contributed by atoms with van der Waals surface area (Å²) in [7, 11) is 2.93. The number of amides is 1. The van der Waals surface area contributed by atoms with E-state index in [2.05, 4.69) is 0 Å². The van der Waals surface area contributed by atoms with Gasteiger partial charge in [-0.15, -0.1) is 0 Å². The number of methoxy groups -OCH3 is 1. The van der Waals surface area contributed by atoms with Crippen molar-refractivity contribution in [1.82, 2.24) is 0 Å². The Hall–Kier alpha value is -2.50. The van der Waals surface area contributed by atoms with Crippen LogP contribution in [0.2, 0.25) is 0 Å². The summed E-state index contributed by atoms with van der Waals surface area (Å²) in [4.78, 5) is 53.7. The smallest absolute Gasteiger partial charge is 0.324 e. The molecular formula is C20H21NO5. The second-order valence-corrected chi connectivity index (χ2v) is 8.12. The van der Waals surface area contributed by atoms with Gasteiger partial charge in [-0.25, -0.2) is 0 Å². The summed E-state index contributed by atoms with van der Waals surface area (Å²) in [6.45, 7) is 3.70. The summed E-state index contributed by atoms with van der Waals surface area (Å²) in [6, 6.07) is 5.24. The molecule has 1 heterocycles. The van der Waals surface area contributed by atoms with Crippen LogP contribution in [0.25, 0.3) is 0 Å². The SMILES string of the molecule is COC(=O)[C@@]12CC(=O)C[C@@H](C1=O)C(C)(C)C1C(=O)N(C)c3cccc2c31. The van der Waals surface area contributed by atoms with Gasteiger partial charge in [0.2, 0.25) is 5.91 Å². The molecule has 1 saturated carbocycles. The number of benzene rings is 1. The van der Waals surface area contributed by atoms with Crippen molar-refractivity contribution in [2.24, 2.45) is 11.3 Å². The minimum absolute atomic E-state index is 0.0569. The van der Waals surface area contributed by atoms with E-state index in [4.69, 9.17) is 4.74 Å². The maximum atomic E-state index is 13.6. The standard InChI is InChI=1S/C20H21NO5/c1-19(2)12-8-10(22)9-20(16(12)23,18(25)26-4)11-6-5-7-13-14(11)15(19)17(24)21(13)3/h5-7,12,15H,8-9H2,1-4H3/t12-,15?,20+/m0/s1. The molecule has 0 saturated heterocycles. The Morgan fingerprint density at radius 1 is 1.23 bits per heavy atom. The minimum Gasteiger partial charge on any atom is -0.468 e. The van der Waals surface area contributed by atoms with E-state index in [1.54, 1.807) is 24.1 Å². The Kier molecular flexibility index (Phi) is 3.27. The van der Waals surface area contributed by atoms with E-state index in [1.807, 2.05) is 19.9 Å². The molecule has 0 N–H and O–H groups in total. The van der Waals surface area contributed by atoms with Crippen molar-refractivity contribution in [2.75, 3.05) is 19.1 Å². The van der Waals surface area contributed by atoms with Crippen molar-refractivity contribution in [2.45, 2.75) is 38.0 Å². The number of rotatable bonds is 1. The van der Waals surface area contributed by atoms with Gasteiger partial charge in [0.05, 0.1) is 13.0 Å². The Morgan fingerprint density at radius 3 is 2.58 bits per heavy atom. The van der Waals surface area contributed by atoms with Crippen LogP contribution in [0.1, 0.15) is 43.7 Å². The van der Waals surface area contributed by atoms with Crippen LogP contribution in [-0.2, 0) is 29.3 Å². The minimum atomic E-state index is -1.66. The summed E-state index contributed by atoms with van der Waals surface area (Å²) in [6.07, 6.45) is -0.145. The summed E-state index contributed by atoms with van der Waals surface area (Å²) in [5, 5.41) is 0. The first-order chi connectivity index (χ1) is 12.2. The number of ether oxygens (including phenoxy) is 1. The molecule has 26 heavy (non-hydrogen) atoms. The Bertz CT molecular complexity index is 886. The zero-order valence-corrected chi connectivity index (χ0v) is 15.3. The Morgan fingerprint density at radius 2 is 1.92 bits per heavy atom. The van der Waals surface area contributed by atoms with Crippen LogP contribution >= 0.6 is 0 Å². The first-order valence-corrected chi connectivity index (χ1v) is 8.73. The molecule has 1 aromatic rings. The quantitative estimate of drug-likeness (QED) is 0.566. The second kappa shape index (κ2) is 5.02. The normalized spacial score (nSPS) is 31.5. The molecule has 1 amide bonds. The highest BCUT2D eigenvalue weighted by molar-refractivity contribution is 6.19. The summed E-state index contributed by atoms with van der Waals surface area (Å²) < 4.78 is 5.00. The number of likely N-dealkylation sites (N-methyl/N-ethyl adjacent to an activating group) is 1. The lowest BCUT2D eigenvalue weighted by Crippen LogP contribution is -2.55. The lowest BCUT2D eigenvalue weighted by atomic mass is 9.59. The molecule has 1 aliphatic heterocycles. The number of carbonyl (C=O) groups is 4. The van der Waals surface area contributed by atoms with Gasteiger partial charge in [0.25, 0.3) is 0 Å². The Balaban J connectivity index is 2.16. The maximum Gasteiger partial charge on any atom is 0.324 e. The molecule has 136 valence electrons. The van der Waals surface area contributed by atoms with Crippen molar-refractivity contribution in [1.29, 1.82) is 0 Å². The predicted octanol–water partition coefficient (Wildman–Crippen LogP) is 1.75. The third-order valence-corrected chi connectivity index (χ3v) is 6.58. The van der Waals surface area contributed by atoms with E-state index in [9.17, 15) is 19.2 Å². The number of carbonyl (C=O) groups excluding carboxylic acids is 4. The molecule has 6 heteroatoms. The van der Waals surface area contributed by atoms with Crippen LogP contribution in [0.4, 0.5) is 5.69 Å². The van der Waals surface area contributed by atoms with Gasteiger partial charge < -0.3 is 9.64 Å². The number of anilines is 1. The van der Waals surface area contributed by atoms with Crippen LogP contribution in [0.5, 0.6) is 0 Å². The monoisotopic (exact) mass is 355 g/mol. The van der Waals surface area contributed by atoms with Crippen LogP contribution in [0.15, 0.2) is 18.2 Å². The van der Waals surface area contributed by atoms with Crippen molar-refractivity contribution >= 4 is 29.1 Å². The predicted molar refractivity (Wildman–Crippen MR) is 92.8 cm³/mol. The Labute approximate surface area is 151 Å². The second-order valence-electron chi connectivity index (χ2n) is 8.12. The fourth-order valence-electron chi connectivity index (χ4n) is 5.21. The van der Waals surface area contributed by atoms with Crippen LogP contribution in [0, 0.1) is 11.3 Å². The van der Waals surface area contributed by atoms with E-state index < -0.39 is 28.6 Å². The molecule has 4 rings (SSSR count). The number of Topliss-reactive ketones (excluding diaryl/α,β-unsaturated/α-hetero) is 2. The molecule has 0 spiro atoms. The molecule has 6 nitrogen and oxygen atoms in total. The van der Waals surface area contributed by atoms with Crippen LogP contribution in [0.3, 0.4) is 0 Å². The van der Waals surface area contributed by atoms with Crippen molar-refractivity contribution in [3.63, 3.8) is 0 Å². The van der Waals surface area contributed by atoms with Crippen LogP contribution in [-0.4, -0.2) is 37.6 Å². The first-order valence-electron chi connectivity index (χ1n) is 8.73. The fraction of sp³-hybridized carbons (Fsp3) is 0.500. The van der Waals surface area contributed by atoms with Gasteiger partial charge >= 0.3 is 5.97 Å². The number of ketones is 2. The molecule has 1 unspecified atom stereocenters. The van der Waals surface area contributed by atoms with Gasteiger partial charge in [-0.1, -0.05) is 26.0 Å². The number of esters is 1. The average molecular weight is 355 g/mol. The molecule has 1 fully saturated rings. The highest BCUT2D eigenvalue weighted by Crippen LogP contribution is 2.60. The highest BCUT2D eigenvalue weighted by atomic mass is 16.5. The zero-order valence-electron chi connectivity index (χ0n) is 15.3. The fourth-order valence-corrected chi connectivity index (χ4v) is 5.21. The number of hydrogen-bond donors (Lipinski definition) is 0. The largest absolute Gasteiger partial charge is 0.468 e. The summed E-state index contributed by atoms with van der Waals surface area (Å²) in [5.74, 6) is -2.54. The van der Waals surface area contributed by atoms with Gasteiger partial charge in [-0.2, -0.15) is 0 Å². The molecule has 1 aromatic carbocycles. The highest BCUT2D eigenvalue weighted by Gasteiger charge is 2.65. The summed E-state index contributed by atoms with van der Waals surface area (Å²) >= 11 is 0. The van der Waals surface area contributed by atoms with E-state index >= 15 is 0 Å². The maximum absolute atomic E-state index is 13.6. The van der Waals surface area contributed by atoms with Gasteiger partial charge in [0.1, 0.15) is 5.78 Å². The van der Waals surface area contributed by atoms with E-state index in [1.165, 1.54) is 7.11 Å². The number of fused-ring (bicyclic) bond motifs is 3. The van der Waals surface area contributed by atoms with Crippen LogP contribution < -0.4 is 4.90 Å². The third kappa shape index (κ3) is 1.72. The van der Waals surface area contributed by atoms with Gasteiger partial charge in [-0.05, 0) is 22.6 Å². The van der Waals surface area contributed by atoms with Crippen molar-refractivity contribution < 1.29 is 23.9 Å². The average Bonchev–Trinajstić information content (AvgIpc) is 2.85. The molecule has 2 aliphatic carbocycles. The third-order valence-electron chi connectivity index (χ3n) is 6.58.